The summed E-state index contributed by atoms with van der Waals surface area (Å²) in [6.07, 6.45) is 4.75. The fourth-order valence-corrected chi connectivity index (χ4v) is 1.21. The molecule has 11 heavy (non-hydrogen) atoms. The van der Waals surface area contributed by atoms with Crippen LogP contribution < -0.4 is 0 Å². The summed E-state index contributed by atoms with van der Waals surface area (Å²) >= 11 is 0. The van der Waals surface area contributed by atoms with Gasteiger partial charge >= 0.3 is 0 Å². The highest BCUT2D eigenvalue weighted by Crippen LogP contribution is 2.52. The van der Waals surface area contributed by atoms with E-state index in [0.717, 1.165) is 0 Å². The van der Waals surface area contributed by atoms with Crippen LogP contribution in [0.3, 0.4) is 0 Å². The molecule has 0 spiro atoms. The Hall–Kier alpha value is 0. The van der Waals surface area contributed by atoms with E-state index in [1.54, 1.807) is 19.3 Å². The van der Waals surface area contributed by atoms with Crippen molar-refractivity contribution in [2.24, 2.45) is 11.8 Å². The zero-order valence-electron chi connectivity index (χ0n) is 3.28. The van der Waals surface area contributed by atoms with Crippen molar-refractivity contribution in [3.63, 3.8) is 0 Å². The van der Waals surface area contributed by atoms with Gasteiger partial charge in [-0.2, -0.15) is 0 Å². The third-order valence-corrected chi connectivity index (χ3v) is 2.00. The second-order valence-electron chi connectivity index (χ2n) is 2.44. The first-order chi connectivity index (χ1) is 2.45. The summed E-state index contributed by atoms with van der Waals surface area (Å²) in [5.41, 5.74) is 0. The predicted octanol–water partition coefficient (Wildman–Crippen LogP) is 5.23. The third kappa shape index (κ3) is 4.44. The Labute approximate surface area is 76.4 Å². The molecule has 3 fully saturated rings. The monoisotopic (exact) mass is 164 g/mol. The summed E-state index contributed by atoms with van der Waals surface area (Å²) < 4.78 is 0. The lowest BCUT2D eigenvalue weighted by molar-refractivity contribution is 0.0198. The third-order valence-electron chi connectivity index (χ3n) is 2.00. The summed E-state index contributed by atoms with van der Waals surface area (Å²) in [7, 11) is 0. The summed E-state index contributed by atoms with van der Waals surface area (Å²) in [5.74, 6) is 2.42. The summed E-state index contributed by atoms with van der Waals surface area (Å²) in [4.78, 5) is 0. The molecule has 0 radical (unpaired) electrons. The standard InChI is InChI=1S/C5H8.6CH4/c1-4-2-5(1)3-4;;;;;;/h4-5H,1-3H2;6*1H4. The smallest absolute Gasteiger partial charge is 0.0406 e. The van der Waals surface area contributed by atoms with Crippen molar-refractivity contribution < 1.29 is 0 Å². The Kier molecular flexibility index (Phi) is 27.8. The maximum absolute atomic E-state index is 1.58. The van der Waals surface area contributed by atoms with E-state index in [-0.39, 0.29) is 44.6 Å². The molecule has 0 aliphatic heterocycles. The van der Waals surface area contributed by atoms with Crippen LogP contribution in [0.25, 0.3) is 0 Å². The summed E-state index contributed by atoms with van der Waals surface area (Å²) in [6, 6.07) is 0. The number of hydrogen-bond donors (Lipinski definition) is 0. The van der Waals surface area contributed by atoms with E-state index in [2.05, 4.69) is 0 Å². The van der Waals surface area contributed by atoms with Gasteiger partial charge in [0.25, 0.3) is 0 Å². The topological polar surface area (TPSA) is 0 Å². The van der Waals surface area contributed by atoms with E-state index in [1.807, 2.05) is 0 Å². The molecular formula is C11H32. The molecule has 3 saturated carbocycles. The second kappa shape index (κ2) is 10.0. The van der Waals surface area contributed by atoms with E-state index in [4.69, 9.17) is 0 Å². The van der Waals surface area contributed by atoms with E-state index in [9.17, 15) is 0 Å². The van der Waals surface area contributed by atoms with E-state index < -0.39 is 0 Å². The minimum Gasteiger partial charge on any atom is -0.0776 e. The molecule has 0 heterocycles. The van der Waals surface area contributed by atoms with E-state index >= 15 is 0 Å². The Balaban J connectivity index is -0.0000000200. The van der Waals surface area contributed by atoms with Crippen LogP contribution in [-0.4, -0.2) is 0 Å². The average Bonchev–Trinajstić information content (AvgIpc) is 0.592. The van der Waals surface area contributed by atoms with Gasteiger partial charge in [0.1, 0.15) is 0 Å². The Morgan fingerprint density at radius 2 is 0.545 bits per heavy atom. The van der Waals surface area contributed by atoms with Gasteiger partial charge in [-0.1, -0.05) is 44.6 Å². The van der Waals surface area contributed by atoms with Gasteiger partial charge in [0, 0.05) is 0 Å². The number of hydrogen-bond acceptors (Lipinski definition) is 0. The molecule has 0 heteroatoms. The van der Waals surface area contributed by atoms with Gasteiger partial charge in [0.05, 0.1) is 0 Å². The number of rotatable bonds is 0. The van der Waals surface area contributed by atoms with E-state index in [1.165, 1.54) is 11.8 Å². The molecule has 0 aromatic rings. The summed E-state index contributed by atoms with van der Waals surface area (Å²) in [6.45, 7) is 0. The molecule has 2 bridgehead atoms. The first-order valence-corrected chi connectivity index (χ1v) is 2.45. The van der Waals surface area contributed by atoms with Crippen molar-refractivity contribution >= 4 is 0 Å². The fraction of sp³-hybridized carbons (Fsp3) is 1.00. The zero-order chi connectivity index (χ0) is 3.28. The molecule has 0 N–H and O–H groups in total. The highest BCUT2D eigenvalue weighted by molar-refractivity contribution is 4.92. The lowest BCUT2D eigenvalue weighted by Gasteiger charge is -2.49. The largest absolute Gasteiger partial charge is 0.0776 e. The van der Waals surface area contributed by atoms with Crippen molar-refractivity contribution in [1.82, 2.24) is 0 Å². The molecule has 76 valence electrons. The molecule has 0 nitrogen and oxygen atoms in total. The SMILES string of the molecule is C.C.C.C.C.C.C1C2CC1C2. The van der Waals surface area contributed by atoms with Crippen LogP contribution in [-0.2, 0) is 0 Å². The van der Waals surface area contributed by atoms with Gasteiger partial charge in [0.2, 0.25) is 0 Å². The molecule has 0 aromatic heterocycles. The van der Waals surface area contributed by atoms with Crippen molar-refractivity contribution in [1.29, 1.82) is 0 Å². The molecule has 3 aliphatic rings. The predicted molar refractivity (Wildman–Crippen MR) is 61.2 cm³/mol. The fourth-order valence-electron chi connectivity index (χ4n) is 1.21. The van der Waals surface area contributed by atoms with Gasteiger partial charge < -0.3 is 0 Å². The Morgan fingerprint density at radius 3 is 0.545 bits per heavy atom. The molecular weight excluding hydrogens is 132 g/mol. The molecule has 0 saturated heterocycles. The minimum absolute atomic E-state index is 0. The van der Waals surface area contributed by atoms with Crippen LogP contribution in [0.4, 0.5) is 0 Å². The van der Waals surface area contributed by atoms with Gasteiger partial charge in [-0.25, -0.2) is 0 Å². The average molecular weight is 164 g/mol. The van der Waals surface area contributed by atoms with Gasteiger partial charge in [0.15, 0.2) is 0 Å². The van der Waals surface area contributed by atoms with E-state index in [0.29, 0.717) is 0 Å². The molecule has 3 rings (SSSR count). The van der Waals surface area contributed by atoms with Crippen LogP contribution >= 0.6 is 0 Å². The lowest BCUT2D eigenvalue weighted by atomic mass is 9.56. The molecule has 0 amide bonds. The van der Waals surface area contributed by atoms with Crippen LogP contribution in [0.5, 0.6) is 0 Å². The summed E-state index contributed by atoms with van der Waals surface area (Å²) in [5, 5.41) is 0. The normalized spacial score (nSPS) is 26.2. The van der Waals surface area contributed by atoms with Gasteiger partial charge in [-0.3, -0.25) is 0 Å². The molecule has 0 atom stereocenters. The van der Waals surface area contributed by atoms with Crippen molar-refractivity contribution in [2.45, 2.75) is 63.8 Å². The molecule has 0 unspecified atom stereocenters. The second-order valence-corrected chi connectivity index (χ2v) is 2.44. The Bertz CT molecular complexity index is 36.8. The van der Waals surface area contributed by atoms with Crippen molar-refractivity contribution in [3.8, 4) is 0 Å². The molecule has 3 aliphatic carbocycles. The van der Waals surface area contributed by atoms with Crippen LogP contribution in [0, 0.1) is 11.8 Å². The van der Waals surface area contributed by atoms with Crippen molar-refractivity contribution in [3.05, 3.63) is 0 Å². The Morgan fingerprint density at radius 1 is 0.455 bits per heavy atom. The quantitative estimate of drug-likeness (QED) is 0.460. The highest BCUT2D eigenvalue weighted by Gasteiger charge is 2.41. The van der Waals surface area contributed by atoms with Crippen LogP contribution in [0.1, 0.15) is 63.8 Å². The zero-order valence-corrected chi connectivity index (χ0v) is 3.28. The van der Waals surface area contributed by atoms with Crippen molar-refractivity contribution in [2.75, 3.05) is 0 Å². The maximum Gasteiger partial charge on any atom is -0.0406 e. The van der Waals surface area contributed by atoms with Gasteiger partial charge in [-0.05, 0) is 31.1 Å². The maximum atomic E-state index is 1.58. The van der Waals surface area contributed by atoms with Gasteiger partial charge in [-0.15, -0.1) is 0 Å². The van der Waals surface area contributed by atoms with Crippen LogP contribution in [0.15, 0.2) is 0 Å². The first-order valence-electron chi connectivity index (χ1n) is 2.45. The minimum atomic E-state index is 0. The lowest BCUT2D eigenvalue weighted by Crippen LogP contribution is -2.38. The van der Waals surface area contributed by atoms with Crippen LogP contribution in [0.2, 0.25) is 0 Å². The molecule has 0 aromatic carbocycles. The first kappa shape index (κ1) is 30.6. The highest BCUT2D eigenvalue weighted by atomic mass is 14.5.